The van der Waals surface area contributed by atoms with Crippen molar-refractivity contribution in [3.05, 3.63) is 70.8 Å². The molecule has 0 aliphatic rings. The molecule has 0 saturated carbocycles. The Morgan fingerprint density at radius 3 is 2.81 bits per heavy atom. The van der Waals surface area contributed by atoms with Crippen LogP contribution in [0.1, 0.15) is 5.56 Å². The third-order valence-corrected chi connectivity index (χ3v) is 5.10. The smallest absolute Gasteiger partial charge is 0.267 e. The maximum absolute atomic E-state index is 12.3. The molecule has 0 atom stereocenters. The third kappa shape index (κ3) is 3.47. The van der Waals surface area contributed by atoms with E-state index in [1.54, 1.807) is 6.20 Å². The van der Waals surface area contributed by atoms with Gasteiger partial charge in [-0.1, -0.05) is 23.5 Å². The average Bonchev–Trinajstić information content (AvgIpc) is 3.09. The molecule has 0 aliphatic heterocycles. The Morgan fingerprint density at radius 2 is 2.00 bits per heavy atom. The lowest BCUT2D eigenvalue weighted by atomic mass is 10.1. The van der Waals surface area contributed by atoms with Crippen molar-refractivity contribution in [2.45, 2.75) is 13.5 Å². The molecule has 134 valence electrons. The fourth-order valence-electron chi connectivity index (χ4n) is 2.72. The van der Waals surface area contributed by atoms with E-state index in [0.717, 1.165) is 31.2 Å². The number of anilines is 1. The summed E-state index contributed by atoms with van der Waals surface area (Å²) in [4.78, 5) is 33.9. The summed E-state index contributed by atoms with van der Waals surface area (Å²) in [5.74, 6) is -0.318. The van der Waals surface area contributed by atoms with Gasteiger partial charge in [0.1, 0.15) is 21.9 Å². The number of nitrogens with one attached hydrogen (secondary N) is 1. The summed E-state index contributed by atoms with van der Waals surface area (Å²) in [6.45, 7) is 1.78. The molecule has 0 fully saturated rings. The first-order chi connectivity index (χ1) is 13.1. The SMILES string of the molecule is Cc1c(NC(=O)Cn2ncccc2=O)cccc1-c1nc2cccnc2s1. The molecule has 3 aromatic heterocycles. The van der Waals surface area contributed by atoms with Crippen molar-refractivity contribution < 1.29 is 4.79 Å². The van der Waals surface area contributed by atoms with Crippen molar-refractivity contribution >= 4 is 33.3 Å². The van der Waals surface area contributed by atoms with Gasteiger partial charge in [-0.15, -0.1) is 0 Å². The molecule has 4 rings (SSSR count). The van der Waals surface area contributed by atoms with Crippen LogP contribution in [0, 0.1) is 6.92 Å². The Morgan fingerprint density at radius 1 is 1.15 bits per heavy atom. The molecule has 0 spiro atoms. The number of hydrogen-bond acceptors (Lipinski definition) is 6. The third-order valence-electron chi connectivity index (χ3n) is 4.08. The minimum atomic E-state index is -0.319. The molecule has 0 aliphatic carbocycles. The molecule has 1 aromatic carbocycles. The molecule has 1 N–H and O–H groups in total. The lowest BCUT2D eigenvalue weighted by molar-refractivity contribution is -0.117. The predicted molar refractivity (Wildman–Crippen MR) is 105 cm³/mol. The monoisotopic (exact) mass is 377 g/mol. The van der Waals surface area contributed by atoms with E-state index < -0.39 is 0 Å². The van der Waals surface area contributed by atoms with Crippen LogP contribution in [-0.2, 0) is 11.3 Å². The number of carbonyl (C=O) groups excluding carboxylic acids is 1. The molecule has 0 unspecified atom stereocenters. The molecule has 7 nitrogen and oxygen atoms in total. The van der Waals surface area contributed by atoms with Crippen LogP contribution in [0.25, 0.3) is 20.9 Å². The molecular weight excluding hydrogens is 362 g/mol. The largest absolute Gasteiger partial charge is 0.324 e. The standard InChI is InChI=1S/C19H15N5O2S/c1-12-13(18-23-15-7-3-9-20-19(15)27-18)5-2-6-14(12)22-16(25)11-24-17(26)8-4-10-21-24/h2-10H,11H2,1H3,(H,22,25). The van der Waals surface area contributed by atoms with Gasteiger partial charge in [-0.3, -0.25) is 9.59 Å². The molecular formula is C19H15N5O2S. The first kappa shape index (κ1) is 17.0. The lowest BCUT2D eigenvalue weighted by Gasteiger charge is -2.11. The number of aromatic nitrogens is 4. The second-order valence-electron chi connectivity index (χ2n) is 5.89. The van der Waals surface area contributed by atoms with Crippen molar-refractivity contribution in [3.63, 3.8) is 0 Å². The maximum Gasteiger partial charge on any atom is 0.267 e. The van der Waals surface area contributed by atoms with Crippen LogP contribution in [0.2, 0.25) is 0 Å². The highest BCUT2D eigenvalue weighted by Crippen LogP contribution is 2.33. The fraction of sp³-hybridized carbons (Fsp3) is 0.105. The Labute approximate surface area is 158 Å². The molecule has 27 heavy (non-hydrogen) atoms. The molecule has 1 amide bonds. The van der Waals surface area contributed by atoms with Gasteiger partial charge in [0, 0.05) is 29.7 Å². The number of hydrogen-bond donors (Lipinski definition) is 1. The number of nitrogens with zero attached hydrogens (tertiary/aromatic N) is 4. The van der Waals surface area contributed by atoms with E-state index in [4.69, 9.17) is 0 Å². The van der Waals surface area contributed by atoms with Gasteiger partial charge < -0.3 is 5.32 Å². The molecule has 0 bridgehead atoms. The van der Waals surface area contributed by atoms with E-state index in [-0.39, 0.29) is 18.0 Å². The van der Waals surface area contributed by atoms with Crippen molar-refractivity contribution in [1.82, 2.24) is 19.7 Å². The minimum Gasteiger partial charge on any atom is -0.324 e. The summed E-state index contributed by atoms with van der Waals surface area (Å²) in [6.07, 6.45) is 3.22. The minimum absolute atomic E-state index is 0.144. The summed E-state index contributed by atoms with van der Waals surface area (Å²) in [6, 6.07) is 12.3. The van der Waals surface area contributed by atoms with Crippen molar-refractivity contribution in [1.29, 1.82) is 0 Å². The molecule has 0 radical (unpaired) electrons. The highest BCUT2D eigenvalue weighted by atomic mass is 32.1. The number of rotatable bonds is 4. The van der Waals surface area contributed by atoms with Gasteiger partial charge in [0.15, 0.2) is 0 Å². The quantitative estimate of drug-likeness (QED) is 0.591. The van der Waals surface area contributed by atoms with Crippen LogP contribution < -0.4 is 10.9 Å². The number of amides is 1. The Bertz CT molecular complexity index is 1160. The topological polar surface area (TPSA) is 89.8 Å². The summed E-state index contributed by atoms with van der Waals surface area (Å²) >= 11 is 1.51. The van der Waals surface area contributed by atoms with Crippen molar-refractivity contribution in [2.24, 2.45) is 0 Å². The van der Waals surface area contributed by atoms with E-state index in [9.17, 15) is 9.59 Å². The fourth-order valence-corrected chi connectivity index (χ4v) is 3.71. The number of carbonyl (C=O) groups is 1. The highest BCUT2D eigenvalue weighted by Gasteiger charge is 2.13. The van der Waals surface area contributed by atoms with Crippen molar-refractivity contribution in [2.75, 3.05) is 5.32 Å². The Hall–Kier alpha value is -3.39. The van der Waals surface area contributed by atoms with Gasteiger partial charge in [-0.05, 0) is 36.8 Å². The normalized spacial score (nSPS) is 10.9. The molecule has 3 heterocycles. The van der Waals surface area contributed by atoms with E-state index >= 15 is 0 Å². The van der Waals surface area contributed by atoms with Gasteiger partial charge in [-0.2, -0.15) is 5.10 Å². The highest BCUT2D eigenvalue weighted by molar-refractivity contribution is 7.21. The number of pyridine rings is 1. The van der Waals surface area contributed by atoms with E-state index in [0.29, 0.717) is 5.69 Å². The second-order valence-corrected chi connectivity index (χ2v) is 6.87. The van der Waals surface area contributed by atoms with Gasteiger partial charge in [-0.25, -0.2) is 14.6 Å². The van der Waals surface area contributed by atoms with Gasteiger partial charge in [0.25, 0.3) is 5.56 Å². The first-order valence-electron chi connectivity index (χ1n) is 8.25. The van der Waals surface area contributed by atoms with Gasteiger partial charge in [0.05, 0.1) is 0 Å². The van der Waals surface area contributed by atoms with Crippen LogP contribution >= 0.6 is 11.3 Å². The number of thiazole rings is 1. The maximum atomic E-state index is 12.3. The van der Waals surface area contributed by atoms with Crippen LogP contribution in [0.3, 0.4) is 0 Å². The van der Waals surface area contributed by atoms with Crippen LogP contribution in [0.5, 0.6) is 0 Å². The zero-order chi connectivity index (χ0) is 18.8. The summed E-state index contributed by atoms with van der Waals surface area (Å²) in [7, 11) is 0. The van der Waals surface area contributed by atoms with E-state index in [1.165, 1.54) is 29.7 Å². The predicted octanol–water partition coefficient (Wildman–Crippen LogP) is 2.86. The molecule has 8 heteroatoms. The zero-order valence-corrected chi connectivity index (χ0v) is 15.2. The number of fused-ring (bicyclic) bond motifs is 1. The summed E-state index contributed by atoms with van der Waals surface area (Å²) in [5.41, 5.74) is 3.04. The lowest BCUT2D eigenvalue weighted by Crippen LogP contribution is -2.28. The Balaban J connectivity index is 1.61. The van der Waals surface area contributed by atoms with Crippen LogP contribution in [0.4, 0.5) is 5.69 Å². The van der Waals surface area contributed by atoms with Crippen LogP contribution in [-0.4, -0.2) is 25.7 Å². The second kappa shape index (κ2) is 7.08. The van der Waals surface area contributed by atoms with Crippen LogP contribution in [0.15, 0.2) is 59.7 Å². The number of benzene rings is 1. The van der Waals surface area contributed by atoms with Gasteiger partial charge >= 0.3 is 0 Å². The summed E-state index contributed by atoms with van der Waals surface area (Å²) < 4.78 is 1.12. The molecule has 4 aromatic rings. The van der Waals surface area contributed by atoms with Crippen molar-refractivity contribution in [3.8, 4) is 10.6 Å². The summed E-state index contributed by atoms with van der Waals surface area (Å²) in [5, 5.41) is 7.60. The first-order valence-corrected chi connectivity index (χ1v) is 9.07. The average molecular weight is 377 g/mol. The Kier molecular flexibility index (Phi) is 4.47. The van der Waals surface area contributed by atoms with E-state index in [2.05, 4.69) is 20.4 Å². The van der Waals surface area contributed by atoms with E-state index in [1.807, 2.05) is 37.3 Å². The zero-order valence-electron chi connectivity index (χ0n) is 14.4. The molecule has 0 saturated heterocycles. The van der Waals surface area contributed by atoms with Gasteiger partial charge in [0.2, 0.25) is 5.91 Å².